The van der Waals surface area contributed by atoms with Crippen LogP contribution in [0.15, 0.2) is 40.9 Å². The van der Waals surface area contributed by atoms with E-state index in [9.17, 15) is 4.79 Å². The largest absolute Gasteiger partial charge is 0.396 e. The molecule has 1 heterocycles. The molecule has 0 aliphatic heterocycles. The van der Waals surface area contributed by atoms with Crippen molar-refractivity contribution in [3.8, 4) is 11.3 Å². The zero-order chi connectivity index (χ0) is 15.1. The normalized spacial score (nSPS) is 12.1. The number of nitrogens with zero attached hydrogens (tertiary/aromatic N) is 1. The Hall–Kier alpha value is -2.18. The lowest BCUT2D eigenvalue weighted by Crippen LogP contribution is -2.38. The van der Waals surface area contributed by atoms with E-state index in [0.29, 0.717) is 18.7 Å². The van der Waals surface area contributed by atoms with Gasteiger partial charge in [0, 0.05) is 25.3 Å². The van der Waals surface area contributed by atoms with Gasteiger partial charge < -0.3 is 19.7 Å². The smallest absolute Gasteiger partial charge is 0.290 e. The third-order valence-corrected chi connectivity index (χ3v) is 2.98. The average Bonchev–Trinajstić information content (AvgIpc) is 2.98. The predicted octanol–water partition coefficient (Wildman–Crippen LogP) is 1.47. The number of aromatic nitrogens is 1. The second kappa shape index (κ2) is 7.56. The number of nitrogens with one attached hydrogen (secondary N) is 1. The second-order valence-electron chi connectivity index (χ2n) is 4.58. The van der Waals surface area contributed by atoms with Crippen molar-refractivity contribution >= 4 is 5.91 Å². The maximum absolute atomic E-state index is 12.1. The Morgan fingerprint density at radius 2 is 2.19 bits per heavy atom. The van der Waals surface area contributed by atoms with Crippen LogP contribution in [0.4, 0.5) is 0 Å². The maximum Gasteiger partial charge on any atom is 0.290 e. The van der Waals surface area contributed by atoms with Gasteiger partial charge in [-0.2, -0.15) is 0 Å². The first-order chi connectivity index (χ1) is 10.2. The van der Waals surface area contributed by atoms with Crippen molar-refractivity contribution in [1.29, 1.82) is 0 Å². The minimum absolute atomic E-state index is 0.0278. The van der Waals surface area contributed by atoms with Crippen molar-refractivity contribution < 1.29 is 19.2 Å². The molecule has 0 aliphatic carbocycles. The van der Waals surface area contributed by atoms with Gasteiger partial charge in [0.15, 0.2) is 0 Å². The zero-order valence-electron chi connectivity index (χ0n) is 11.8. The van der Waals surface area contributed by atoms with Crippen molar-refractivity contribution in [2.45, 2.75) is 12.5 Å². The number of aliphatic hydroxyl groups excluding tert-OH is 1. The molecule has 0 spiro atoms. The van der Waals surface area contributed by atoms with Crippen LogP contribution in [0.25, 0.3) is 11.3 Å². The van der Waals surface area contributed by atoms with Gasteiger partial charge in [-0.3, -0.25) is 4.79 Å². The van der Waals surface area contributed by atoms with E-state index in [0.717, 1.165) is 5.56 Å². The number of carbonyl (C=O) groups is 1. The molecule has 0 radical (unpaired) electrons. The van der Waals surface area contributed by atoms with Crippen LogP contribution in [0.1, 0.15) is 17.0 Å². The topological polar surface area (TPSA) is 84.6 Å². The van der Waals surface area contributed by atoms with Crippen LogP contribution in [0.5, 0.6) is 0 Å². The fourth-order valence-corrected chi connectivity index (χ4v) is 1.94. The monoisotopic (exact) mass is 290 g/mol. The van der Waals surface area contributed by atoms with E-state index in [2.05, 4.69) is 10.5 Å². The summed E-state index contributed by atoms with van der Waals surface area (Å²) in [4.78, 5) is 12.1. The van der Waals surface area contributed by atoms with E-state index in [4.69, 9.17) is 14.4 Å². The van der Waals surface area contributed by atoms with E-state index in [1.54, 1.807) is 13.2 Å². The van der Waals surface area contributed by atoms with Crippen LogP contribution >= 0.6 is 0 Å². The van der Waals surface area contributed by atoms with Crippen molar-refractivity contribution in [2.75, 3.05) is 20.3 Å². The lowest BCUT2D eigenvalue weighted by Gasteiger charge is -2.15. The van der Waals surface area contributed by atoms with Crippen LogP contribution < -0.4 is 5.32 Å². The third-order valence-electron chi connectivity index (χ3n) is 2.98. The molecule has 2 N–H and O–H groups in total. The highest BCUT2D eigenvalue weighted by Gasteiger charge is 2.18. The minimum Gasteiger partial charge on any atom is -0.396 e. The summed E-state index contributed by atoms with van der Waals surface area (Å²) in [6.07, 6.45) is 0.416. The lowest BCUT2D eigenvalue weighted by atomic mass is 10.1. The molecule has 0 saturated carbocycles. The molecular weight excluding hydrogens is 272 g/mol. The molecule has 112 valence electrons. The Kier molecular flexibility index (Phi) is 5.48. The number of carbonyl (C=O) groups excluding carboxylic acids is 1. The van der Waals surface area contributed by atoms with Crippen molar-refractivity contribution in [1.82, 2.24) is 10.5 Å². The fourth-order valence-electron chi connectivity index (χ4n) is 1.94. The van der Waals surface area contributed by atoms with E-state index in [-0.39, 0.29) is 24.3 Å². The first-order valence-corrected chi connectivity index (χ1v) is 6.67. The molecular formula is C15H18N2O4. The number of ether oxygens (including phenoxy) is 1. The number of hydrogen-bond donors (Lipinski definition) is 2. The van der Waals surface area contributed by atoms with Crippen molar-refractivity contribution in [3.05, 3.63) is 42.2 Å². The van der Waals surface area contributed by atoms with Crippen LogP contribution in [0.3, 0.4) is 0 Å². The Balaban J connectivity index is 2.05. The van der Waals surface area contributed by atoms with Gasteiger partial charge in [-0.25, -0.2) is 0 Å². The number of rotatable bonds is 7. The number of methoxy groups -OCH3 is 1. The summed E-state index contributed by atoms with van der Waals surface area (Å²) < 4.78 is 10.1. The fraction of sp³-hybridized carbons (Fsp3) is 0.333. The van der Waals surface area contributed by atoms with Gasteiger partial charge in [0.2, 0.25) is 5.76 Å². The van der Waals surface area contributed by atoms with Gasteiger partial charge in [-0.15, -0.1) is 0 Å². The van der Waals surface area contributed by atoms with E-state index < -0.39 is 0 Å². The lowest BCUT2D eigenvalue weighted by molar-refractivity contribution is 0.0843. The minimum atomic E-state index is -0.375. The quantitative estimate of drug-likeness (QED) is 0.806. The average molecular weight is 290 g/mol. The molecule has 1 atom stereocenters. The predicted molar refractivity (Wildman–Crippen MR) is 76.8 cm³/mol. The molecule has 1 aromatic carbocycles. The van der Waals surface area contributed by atoms with Crippen LogP contribution in [0.2, 0.25) is 0 Å². The number of hydrogen-bond acceptors (Lipinski definition) is 5. The molecule has 2 rings (SSSR count). The summed E-state index contributed by atoms with van der Waals surface area (Å²) >= 11 is 0. The molecule has 1 unspecified atom stereocenters. The molecule has 0 bridgehead atoms. The van der Waals surface area contributed by atoms with Gasteiger partial charge in [0.25, 0.3) is 5.91 Å². The standard InChI is InChI=1S/C15H18N2O4/c1-20-10-12(7-8-18)16-15(19)14-9-13(17-21-14)11-5-3-2-4-6-11/h2-6,9,12,18H,7-8,10H2,1H3,(H,16,19). The summed E-state index contributed by atoms with van der Waals surface area (Å²) in [6.45, 7) is 0.298. The Labute approximate surface area is 122 Å². The highest BCUT2D eigenvalue weighted by Crippen LogP contribution is 2.18. The van der Waals surface area contributed by atoms with Gasteiger partial charge in [0.05, 0.1) is 12.6 Å². The van der Waals surface area contributed by atoms with E-state index >= 15 is 0 Å². The van der Waals surface area contributed by atoms with Gasteiger partial charge in [-0.1, -0.05) is 35.5 Å². The number of aliphatic hydroxyl groups is 1. The highest BCUT2D eigenvalue weighted by molar-refractivity contribution is 5.92. The molecule has 0 fully saturated rings. The Morgan fingerprint density at radius 1 is 1.43 bits per heavy atom. The number of amides is 1. The van der Waals surface area contributed by atoms with Crippen LogP contribution in [0, 0.1) is 0 Å². The van der Waals surface area contributed by atoms with Crippen molar-refractivity contribution in [2.24, 2.45) is 0 Å². The second-order valence-corrected chi connectivity index (χ2v) is 4.58. The van der Waals surface area contributed by atoms with E-state index in [1.807, 2.05) is 30.3 Å². The molecule has 6 heteroatoms. The first-order valence-electron chi connectivity index (χ1n) is 6.67. The molecule has 21 heavy (non-hydrogen) atoms. The summed E-state index contributed by atoms with van der Waals surface area (Å²) in [5, 5.41) is 15.6. The Bertz CT molecular complexity index is 562. The summed E-state index contributed by atoms with van der Waals surface area (Å²) in [5.74, 6) is -0.243. The summed E-state index contributed by atoms with van der Waals surface area (Å²) in [6, 6.07) is 10.8. The molecule has 0 aliphatic rings. The highest BCUT2D eigenvalue weighted by atomic mass is 16.5. The van der Waals surface area contributed by atoms with E-state index in [1.165, 1.54) is 0 Å². The maximum atomic E-state index is 12.1. The Morgan fingerprint density at radius 3 is 2.86 bits per heavy atom. The SMILES string of the molecule is COCC(CCO)NC(=O)c1cc(-c2ccccc2)no1. The van der Waals surface area contributed by atoms with Crippen molar-refractivity contribution in [3.63, 3.8) is 0 Å². The van der Waals surface area contributed by atoms with Gasteiger partial charge in [0.1, 0.15) is 5.69 Å². The van der Waals surface area contributed by atoms with Gasteiger partial charge in [-0.05, 0) is 6.42 Å². The molecule has 0 saturated heterocycles. The van der Waals surface area contributed by atoms with Crippen LogP contribution in [-0.2, 0) is 4.74 Å². The third kappa shape index (κ3) is 4.14. The summed E-state index contributed by atoms with van der Waals surface area (Å²) in [7, 11) is 1.54. The zero-order valence-corrected chi connectivity index (χ0v) is 11.8. The molecule has 1 amide bonds. The first kappa shape index (κ1) is 15.2. The molecule has 2 aromatic rings. The van der Waals surface area contributed by atoms with Gasteiger partial charge >= 0.3 is 0 Å². The molecule has 1 aromatic heterocycles. The summed E-state index contributed by atoms with van der Waals surface area (Å²) in [5.41, 5.74) is 1.48. The number of benzene rings is 1. The molecule has 6 nitrogen and oxygen atoms in total. The van der Waals surface area contributed by atoms with Crippen LogP contribution in [-0.4, -0.2) is 42.5 Å².